The summed E-state index contributed by atoms with van der Waals surface area (Å²) in [6, 6.07) is 14.0. The maximum atomic E-state index is 10.1. The molecule has 2 aromatic rings. The van der Waals surface area contributed by atoms with Crippen LogP contribution in [0.3, 0.4) is 0 Å². The number of nitrogens with one attached hydrogen (secondary N) is 1. The van der Waals surface area contributed by atoms with Gasteiger partial charge in [-0.2, -0.15) is 0 Å². The molecule has 0 saturated carbocycles. The first kappa shape index (κ1) is 15.2. The van der Waals surface area contributed by atoms with E-state index in [0.29, 0.717) is 18.2 Å². The van der Waals surface area contributed by atoms with E-state index in [1.54, 1.807) is 13.2 Å². The molecule has 2 rings (SSSR count). The van der Waals surface area contributed by atoms with Gasteiger partial charge in [0.15, 0.2) is 11.5 Å². The van der Waals surface area contributed by atoms with Gasteiger partial charge in [-0.15, -0.1) is 0 Å². The van der Waals surface area contributed by atoms with Crippen LogP contribution in [0.2, 0.25) is 0 Å². The van der Waals surface area contributed by atoms with Gasteiger partial charge in [-0.25, -0.2) is 0 Å². The van der Waals surface area contributed by atoms with Crippen molar-refractivity contribution in [3.05, 3.63) is 53.6 Å². The van der Waals surface area contributed by atoms with Crippen molar-refractivity contribution in [1.29, 1.82) is 0 Å². The lowest BCUT2D eigenvalue weighted by atomic mass is 9.98. The molecule has 0 heterocycles. The van der Waals surface area contributed by atoms with E-state index < -0.39 is 0 Å². The van der Waals surface area contributed by atoms with Gasteiger partial charge >= 0.3 is 0 Å². The predicted octanol–water partition coefficient (Wildman–Crippen LogP) is 4.53. The van der Waals surface area contributed by atoms with E-state index in [9.17, 15) is 5.11 Å². The summed E-state index contributed by atoms with van der Waals surface area (Å²) in [6.07, 6.45) is 1.14. The van der Waals surface area contributed by atoms with Crippen LogP contribution in [0.4, 0.5) is 5.69 Å². The second kappa shape index (κ2) is 7.02. The molecule has 0 aliphatic carbocycles. The summed E-state index contributed by atoms with van der Waals surface area (Å²) in [5.41, 5.74) is 3.22. The van der Waals surface area contributed by atoms with Crippen molar-refractivity contribution in [1.82, 2.24) is 0 Å². The average Bonchev–Trinajstić information content (AvgIpc) is 2.53. The molecule has 21 heavy (non-hydrogen) atoms. The Hall–Kier alpha value is -2.16. The molecule has 3 heteroatoms. The zero-order chi connectivity index (χ0) is 15.2. The third-order valence-corrected chi connectivity index (χ3v) is 3.88. The summed E-state index contributed by atoms with van der Waals surface area (Å²) in [6.45, 7) is 4.99. The van der Waals surface area contributed by atoms with Crippen molar-refractivity contribution in [2.45, 2.75) is 32.7 Å². The smallest absolute Gasteiger partial charge is 0.162 e. The van der Waals surface area contributed by atoms with E-state index in [4.69, 9.17) is 4.74 Å². The molecule has 0 spiro atoms. The zero-order valence-corrected chi connectivity index (χ0v) is 12.9. The molecule has 0 radical (unpaired) electrons. The number of phenolic OH excluding ortho intramolecular Hbond substituents is 1. The minimum absolute atomic E-state index is 0.198. The van der Waals surface area contributed by atoms with Gasteiger partial charge in [-0.05, 0) is 36.1 Å². The predicted molar refractivity (Wildman–Crippen MR) is 87.1 cm³/mol. The van der Waals surface area contributed by atoms with Crippen LogP contribution in [0.15, 0.2) is 42.5 Å². The molecule has 0 fully saturated rings. The highest BCUT2D eigenvalue weighted by Crippen LogP contribution is 2.30. The van der Waals surface area contributed by atoms with Gasteiger partial charge in [0.05, 0.1) is 7.11 Å². The Balaban J connectivity index is 2.03. The molecular weight excluding hydrogens is 262 g/mol. The fourth-order valence-electron chi connectivity index (χ4n) is 2.24. The lowest BCUT2D eigenvalue weighted by Gasteiger charge is -2.12. The number of methoxy groups -OCH3 is 1. The first-order valence-corrected chi connectivity index (χ1v) is 7.34. The van der Waals surface area contributed by atoms with E-state index >= 15 is 0 Å². The number of phenols is 1. The number of benzene rings is 2. The lowest BCUT2D eigenvalue weighted by molar-refractivity contribution is 0.371. The number of hydrogen-bond donors (Lipinski definition) is 2. The molecule has 0 aromatic heterocycles. The van der Waals surface area contributed by atoms with Crippen molar-refractivity contribution in [2.75, 3.05) is 12.4 Å². The first-order chi connectivity index (χ1) is 10.2. The number of hydrogen-bond acceptors (Lipinski definition) is 3. The Bertz CT molecular complexity index is 578. The van der Waals surface area contributed by atoms with Gasteiger partial charge in [0.2, 0.25) is 0 Å². The molecule has 3 nitrogen and oxygen atoms in total. The van der Waals surface area contributed by atoms with E-state index in [1.165, 1.54) is 5.56 Å². The standard InChI is InChI=1S/C18H23NO2/c1-4-13(2)14-8-10-16(11-9-14)19-12-15-6-5-7-17(21-3)18(15)20/h5-11,13,19-20H,4,12H2,1-3H3. The quantitative estimate of drug-likeness (QED) is 0.819. The molecule has 2 N–H and O–H groups in total. The van der Waals surface area contributed by atoms with Crippen LogP contribution >= 0.6 is 0 Å². The lowest BCUT2D eigenvalue weighted by Crippen LogP contribution is -2.01. The normalized spacial score (nSPS) is 12.0. The van der Waals surface area contributed by atoms with Gasteiger partial charge in [-0.1, -0.05) is 38.1 Å². The van der Waals surface area contributed by atoms with Crippen LogP contribution < -0.4 is 10.1 Å². The molecule has 112 valence electrons. The highest BCUT2D eigenvalue weighted by molar-refractivity contribution is 5.50. The molecule has 0 amide bonds. The van der Waals surface area contributed by atoms with Gasteiger partial charge in [-0.3, -0.25) is 0 Å². The van der Waals surface area contributed by atoms with Crippen LogP contribution in [-0.2, 0) is 6.54 Å². The molecular formula is C18H23NO2. The Morgan fingerprint density at radius 1 is 1.14 bits per heavy atom. The number of aromatic hydroxyl groups is 1. The van der Waals surface area contributed by atoms with Crippen molar-refractivity contribution in [3.63, 3.8) is 0 Å². The minimum Gasteiger partial charge on any atom is -0.504 e. The highest BCUT2D eigenvalue weighted by atomic mass is 16.5. The van der Waals surface area contributed by atoms with Crippen molar-refractivity contribution >= 4 is 5.69 Å². The van der Waals surface area contributed by atoms with E-state index in [0.717, 1.165) is 17.7 Å². The number of rotatable bonds is 6. The van der Waals surface area contributed by atoms with Crippen LogP contribution in [0.1, 0.15) is 37.3 Å². The third-order valence-electron chi connectivity index (χ3n) is 3.88. The molecule has 0 aliphatic rings. The topological polar surface area (TPSA) is 41.5 Å². The fraction of sp³-hybridized carbons (Fsp3) is 0.333. The maximum absolute atomic E-state index is 10.1. The molecule has 0 saturated heterocycles. The van der Waals surface area contributed by atoms with Gasteiger partial charge in [0.1, 0.15) is 0 Å². The molecule has 2 aromatic carbocycles. The van der Waals surface area contributed by atoms with E-state index in [1.807, 2.05) is 12.1 Å². The van der Waals surface area contributed by atoms with Gasteiger partial charge in [0.25, 0.3) is 0 Å². The monoisotopic (exact) mass is 285 g/mol. The Morgan fingerprint density at radius 3 is 2.48 bits per heavy atom. The second-order valence-corrected chi connectivity index (χ2v) is 5.25. The van der Waals surface area contributed by atoms with E-state index in [-0.39, 0.29) is 5.75 Å². The number of ether oxygens (including phenoxy) is 1. The molecule has 0 bridgehead atoms. The van der Waals surface area contributed by atoms with Crippen molar-refractivity contribution in [3.8, 4) is 11.5 Å². The van der Waals surface area contributed by atoms with Crippen LogP contribution in [-0.4, -0.2) is 12.2 Å². The molecule has 1 atom stereocenters. The van der Waals surface area contributed by atoms with Gasteiger partial charge < -0.3 is 15.2 Å². The summed E-state index contributed by atoms with van der Waals surface area (Å²) >= 11 is 0. The third kappa shape index (κ3) is 3.69. The van der Waals surface area contributed by atoms with Crippen LogP contribution in [0, 0.1) is 0 Å². The largest absolute Gasteiger partial charge is 0.504 e. The Labute approximate surface area is 126 Å². The summed E-state index contributed by atoms with van der Waals surface area (Å²) in [5.74, 6) is 1.28. The SMILES string of the molecule is CCC(C)c1ccc(NCc2cccc(OC)c2O)cc1. The van der Waals surface area contributed by atoms with Gasteiger partial charge in [0, 0.05) is 17.8 Å². The second-order valence-electron chi connectivity index (χ2n) is 5.25. The first-order valence-electron chi connectivity index (χ1n) is 7.34. The maximum Gasteiger partial charge on any atom is 0.162 e. The van der Waals surface area contributed by atoms with Crippen LogP contribution in [0.5, 0.6) is 11.5 Å². The minimum atomic E-state index is 0.198. The van der Waals surface area contributed by atoms with Crippen molar-refractivity contribution in [2.24, 2.45) is 0 Å². The highest BCUT2D eigenvalue weighted by Gasteiger charge is 2.07. The number of para-hydroxylation sites is 1. The van der Waals surface area contributed by atoms with E-state index in [2.05, 4.69) is 43.4 Å². The zero-order valence-electron chi connectivity index (χ0n) is 12.9. The van der Waals surface area contributed by atoms with Crippen molar-refractivity contribution < 1.29 is 9.84 Å². The average molecular weight is 285 g/mol. The van der Waals surface area contributed by atoms with Crippen LogP contribution in [0.25, 0.3) is 0 Å². The molecule has 1 unspecified atom stereocenters. The summed E-state index contributed by atoms with van der Waals surface area (Å²) in [5, 5.41) is 13.4. The summed E-state index contributed by atoms with van der Waals surface area (Å²) in [4.78, 5) is 0. The Kier molecular flexibility index (Phi) is 5.09. The Morgan fingerprint density at radius 2 is 1.86 bits per heavy atom. The fourth-order valence-corrected chi connectivity index (χ4v) is 2.24. The summed E-state index contributed by atoms with van der Waals surface area (Å²) in [7, 11) is 1.56. The summed E-state index contributed by atoms with van der Waals surface area (Å²) < 4.78 is 5.11. The number of anilines is 1. The molecule has 0 aliphatic heterocycles.